The number of aromatic hydroxyl groups is 1. The average Bonchev–Trinajstić information content (AvgIpc) is 3.11. The Bertz CT molecular complexity index is 1110. The highest BCUT2D eigenvalue weighted by molar-refractivity contribution is 7.21. The number of hydrogen-bond acceptors (Lipinski definition) is 5. The van der Waals surface area contributed by atoms with Gasteiger partial charge in [0.25, 0.3) is 0 Å². The number of hydrogen-bond donors (Lipinski definition) is 1. The summed E-state index contributed by atoms with van der Waals surface area (Å²) in [6.07, 6.45) is -5.57. The van der Waals surface area contributed by atoms with Crippen LogP contribution in [0.1, 0.15) is 11.7 Å². The fourth-order valence-electron chi connectivity index (χ4n) is 2.79. The summed E-state index contributed by atoms with van der Waals surface area (Å²) in [6, 6.07) is 15.7. The zero-order chi connectivity index (χ0) is 19.7. The van der Waals surface area contributed by atoms with Crippen LogP contribution in [0, 0.1) is 0 Å². The molecule has 1 N–H and O–H groups in total. The van der Waals surface area contributed by atoms with Crippen molar-refractivity contribution in [1.82, 2.24) is 9.97 Å². The predicted molar refractivity (Wildman–Crippen MR) is 100 cm³/mol. The SMILES string of the molecule is Oc1cccc(-c2cc3c(OC(c4ccccc4)C(F)(F)F)ncnc3s2)c1. The largest absolute Gasteiger partial charge is 0.508 e. The van der Waals surface area contributed by atoms with Gasteiger partial charge in [0.05, 0.1) is 5.39 Å². The number of phenolic OH excluding ortho intramolecular Hbond substituents is 1. The highest BCUT2D eigenvalue weighted by Crippen LogP contribution is 2.41. The molecular formula is C20H13F3N2O2S. The van der Waals surface area contributed by atoms with Crippen molar-refractivity contribution in [3.8, 4) is 22.1 Å². The Kier molecular flexibility index (Phi) is 4.64. The van der Waals surface area contributed by atoms with Crippen molar-refractivity contribution in [3.63, 3.8) is 0 Å². The van der Waals surface area contributed by atoms with Crippen molar-refractivity contribution in [3.05, 3.63) is 72.6 Å². The van der Waals surface area contributed by atoms with E-state index >= 15 is 0 Å². The molecule has 2 heterocycles. The molecule has 0 aliphatic carbocycles. The zero-order valence-corrected chi connectivity index (χ0v) is 15.0. The highest BCUT2D eigenvalue weighted by atomic mass is 32.1. The maximum Gasteiger partial charge on any atom is 0.429 e. The zero-order valence-electron chi connectivity index (χ0n) is 14.2. The third-order valence-electron chi connectivity index (χ3n) is 4.05. The minimum atomic E-state index is -4.61. The number of thiophene rings is 1. The van der Waals surface area contributed by atoms with Crippen LogP contribution >= 0.6 is 11.3 Å². The third kappa shape index (κ3) is 3.63. The normalized spacial score (nSPS) is 12.8. The van der Waals surface area contributed by atoms with E-state index in [0.29, 0.717) is 10.2 Å². The van der Waals surface area contributed by atoms with Gasteiger partial charge >= 0.3 is 6.18 Å². The first-order valence-corrected chi connectivity index (χ1v) is 9.06. The van der Waals surface area contributed by atoms with Crippen molar-refractivity contribution in [2.75, 3.05) is 0 Å². The first kappa shape index (κ1) is 18.2. The summed E-state index contributed by atoms with van der Waals surface area (Å²) >= 11 is 1.28. The molecule has 0 aliphatic heterocycles. The minimum Gasteiger partial charge on any atom is -0.508 e. The molecule has 1 atom stereocenters. The van der Waals surface area contributed by atoms with Crippen LogP contribution in [-0.2, 0) is 0 Å². The molecule has 4 nitrogen and oxygen atoms in total. The first-order chi connectivity index (χ1) is 13.4. The Labute approximate surface area is 161 Å². The van der Waals surface area contributed by atoms with E-state index in [0.717, 1.165) is 10.4 Å². The lowest BCUT2D eigenvalue weighted by Gasteiger charge is -2.21. The second kappa shape index (κ2) is 7.12. The van der Waals surface area contributed by atoms with Crippen molar-refractivity contribution in [1.29, 1.82) is 0 Å². The number of aromatic nitrogens is 2. The van der Waals surface area contributed by atoms with Gasteiger partial charge in [-0.25, -0.2) is 9.97 Å². The van der Waals surface area contributed by atoms with E-state index in [4.69, 9.17) is 4.74 Å². The maximum absolute atomic E-state index is 13.6. The van der Waals surface area contributed by atoms with E-state index in [1.54, 1.807) is 36.4 Å². The topological polar surface area (TPSA) is 55.2 Å². The van der Waals surface area contributed by atoms with E-state index in [2.05, 4.69) is 9.97 Å². The molecule has 1 unspecified atom stereocenters. The molecule has 0 radical (unpaired) electrons. The van der Waals surface area contributed by atoms with Gasteiger partial charge in [-0.1, -0.05) is 42.5 Å². The van der Waals surface area contributed by atoms with Gasteiger partial charge < -0.3 is 9.84 Å². The van der Waals surface area contributed by atoms with Crippen molar-refractivity contribution in [2.45, 2.75) is 12.3 Å². The fourth-order valence-corrected chi connectivity index (χ4v) is 3.78. The molecule has 2 aromatic carbocycles. The first-order valence-electron chi connectivity index (χ1n) is 8.24. The lowest BCUT2D eigenvalue weighted by molar-refractivity contribution is -0.198. The Balaban J connectivity index is 1.76. The number of ether oxygens (including phenoxy) is 1. The van der Waals surface area contributed by atoms with Gasteiger partial charge in [-0.15, -0.1) is 11.3 Å². The number of nitrogens with zero attached hydrogens (tertiary/aromatic N) is 2. The number of rotatable bonds is 4. The van der Waals surface area contributed by atoms with Crippen molar-refractivity contribution >= 4 is 21.6 Å². The van der Waals surface area contributed by atoms with Crippen LogP contribution in [0.2, 0.25) is 0 Å². The van der Waals surface area contributed by atoms with E-state index in [-0.39, 0.29) is 17.2 Å². The van der Waals surface area contributed by atoms with Gasteiger partial charge in [0.1, 0.15) is 16.9 Å². The summed E-state index contributed by atoms with van der Waals surface area (Å²) in [5, 5.41) is 10.1. The van der Waals surface area contributed by atoms with Crippen LogP contribution in [0.4, 0.5) is 13.2 Å². The molecular weight excluding hydrogens is 389 g/mol. The lowest BCUT2D eigenvalue weighted by atomic mass is 10.1. The van der Waals surface area contributed by atoms with Gasteiger partial charge in [-0.2, -0.15) is 13.2 Å². The molecule has 142 valence electrons. The Morgan fingerprint density at radius 1 is 0.964 bits per heavy atom. The van der Waals surface area contributed by atoms with E-state index < -0.39 is 12.3 Å². The Morgan fingerprint density at radius 2 is 1.75 bits per heavy atom. The second-order valence-corrected chi connectivity index (χ2v) is 7.04. The summed E-state index contributed by atoms with van der Waals surface area (Å²) in [6.45, 7) is 0. The summed E-state index contributed by atoms with van der Waals surface area (Å²) in [5.41, 5.74) is 0.717. The van der Waals surface area contributed by atoms with E-state index in [9.17, 15) is 18.3 Å². The molecule has 2 aromatic heterocycles. The molecule has 28 heavy (non-hydrogen) atoms. The number of fused-ring (bicyclic) bond motifs is 1. The monoisotopic (exact) mass is 402 g/mol. The Hall–Kier alpha value is -3.13. The van der Waals surface area contributed by atoms with Gasteiger partial charge in [-0.05, 0) is 23.8 Å². The molecule has 0 saturated carbocycles. The maximum atomic E-state index is 13.6. The molecule has 0 amide bonds. The summed E-state index contributed by atoms with van der Waals surface area (Å²) in [4.78, 5) is 9.30. The third-order valence-corrected chi connectivity index (χ3v) is 5.14. The molecule has 0 fully saturated rings. The van der Waals surface area contributed by atoms with E-state index in [1.165, 1.54) is 41.9 Å². The van der Waals surface area contributed by atoms with Gasteiger partial charge in [0.15, 0.2) is 0 Å². The molecule has 0 saturated heterocycles. The van der Waals surface area contributed by atoms with Crippen LogP contribution in [0.15, 0.2) is 67.0 Å². The predicted octanol–water partition coefficient (Wildman–Crippen LogP) is 5.75. The molecule has 0 aliphatic rings. The number of benzene rings is 2. The smallest absolute Gasteiger partial charge is 0.429 e. The van der Waals surface area contributed by atoms with E-state index in [1.807, 2.05) is 0 Å². The number of halogens is 3. The fraction of sp³-hybridized carbons (Fsp3) is 0.100. The van der Waals surface area contributed by atoms with Crippen molar-refractivity contribution < 1.29 is 23.0 Å². The van der Waals surface area contributed by atoms with Crippen molar-refractivity contribution in [2.24, 2.45) is 0 Å². The molecule has 0 bridgehead atoms. The Morgan fingerprint density at radius 3 is 2.46 bits per heavy atom. The summed E-state index contributed by atoms with van der Waals surface area (Å²) in [7, 11) is 0. The standard InChI is InChI=1S/C20H13F3N2O2S/c21-20(22,23)17(12-5-2-1-3-6-12)27-18-15-10-16(28-19(15)25-11-24-18)13-7-4-8-14(26)9-13/h1-11,17,26H. The highest BCUT2D eigenvalue weighted by Gasteiger charge is 2.43. The number of alkyl halides is 3. The molecule has 4 rings (SSSR count). The van der Waals surface area contributed by atoms with Crippen LogP contribution in [0.3, 0.4) is 0 Å². The van der Waals surface area contributed by atoms with Crippen LogP contribution < -0.4 is 4.74 Å². The van der Waals surface area contributed by atoms with Gasteiger partial charge in [0, 0.05) is 10.4 Å². The van der Waals surface area contributed by atoms with Crippen LogP contribution in [0.5, 0.6) is 11.6 Å². The molecule has 4 aromatic rings. The van der Waals surface area contributed by atoms with Crippen LogP contribution in [-0.4, -0.2) is 21.3 Å². The lowest BCUT2D eigenvalue weighted by Crippen LogP contribution is -2.26. The van der Waals surface area contributed by atoms with Crippen LogP contribution in [0.25, 0.3) is 20.7 Å². The summed E-state index contributed by atoms with van der Waals surface area (Å²) < 4.78 is 46.2. The van der Waals surface area contributed by atoms with Gasteiger partial charge in [-0.3, -0.25) is 0 Å². The number of phenols is 1. The molecule has 8 heteroatoms. The second-order valence-electron chi connectivity index (χ2n) is 6.01. The van der Waals surface area contributed by atoms with Gasteiger partial charge in [0.2, 0.25) is 12.0 Å². The average molecular weight is 402 g/mol. The minimum absolute atomic E-state index is 0.00908. The quantitative estimate of drug-likeness (QED) is 0.473. The summed E-state index contributed by atoms with van der Waals surface area (Å²) in [5.74, 6) is -0.0439. The molecule has 0 spiro atoms.